The second-order valence-corrected chi connectivity index (χ2v) is 6.19. The van der Waals surface area contributed by atoms with Gasteiger partial charge in [0.25, 0.3) is 5.91 Å². The lowest BCUT2D eigenvalue weighted by Gasteiger charge is -2.03. The number of hydrogen-bond acceptors (Lipinski definition) is 6. The van der Waals surface area contributed by atoms with E-state index in [0.29, 0.717) is 29.4 Å². The van der Waals surface area contributed by atoms with Crippen molar-refractivity contribution in [2.75, 3.05) is 6.61 Å². The third kappa shape index (κ3) is 3.44. The number of carbonyl (C=O) groups excluding carboxylic acids is 1. The van der Waals surface area contributed by atoms with Crippen molar-refractivity contribution in [2.45, 2.75) is 20.4 Å². The van der Waals surface area contributed by atoms with Gasteiger partial charge in [0.2, 0.25) is 0 Å². The number of nitrogens with zero attached hydrogens (tertiary/aromatic N) is 4. The maximum absolute atomic E-state index is 12.2. The molecule has 0 saturated carbocycles. The van der Waals surface area contributed by atoms with Crippen molar-refractivity contribution >= 4 is 33.6 Å². The van der Waals surface area contributed by atoms with E-state index in [1.165, 1.54) is 4.68 Å². The Morgan fingerprint density at radius 2 is 2.11 bits per heavy atom. The first-order valence-electron chi connectivity index (χ1n) is 8.93. The smallest absolute Gasteiger partial charge is 0.261 e. The molecule has 1 N–H and O–H groups in total. The number of amides is 1. The molecule has 4 aromatic rings. The van der Waals surface area contributed by atoms with Gasteiger partial charge < -0.3 is 9.15 Å². The summed E-state index contributed by atoms with van der Waals surface area (Å²) in [5, 5.41) is 13.1. The van der Waals surface area contributed by atoms with E-state index in [2.05, 4.69) is 20.8 Å². The Bertz CT molecular complexity index is 1170. The van der Waals surface area contributed by atoms with Gasteiger partial charge in [0, 0.05) is 5.39 Å². The lowest BCUT2D eigenvalue weighted by atomic mass is 10.2. The van der Waals surface area contributed by atoms with Crippen LogP contribution in [0.3, 0.4) is 0 Å². The number of hydrazone groups is 1. The molecule has 2 heterocycles. The van der Waals surface area contributed by atoms with Crippen LogP contribution in [-0.4, -0.2) is 33.2 Å². The molecule has 2 aromatic carbocycles. The highest BCUT2D eigenvalue weighted by Gasteiger charge is 2.12. The van der Waals surface area contributed by atoms with Crippen molar-refractivity contribution in [2.24, 2.45) is 5.10 Å². The molecule has 0 saturated heterocycles. The molecular weight excluding hydrogens is 358 g/mol. The van der Waals surface area contributed by atoms with Crippen LogP contribution in [0.4, 0.5) is 0 Å². The summed E-state index contributed by atoms with van der Waals surface area (Å²) >= 11 is 0. The van der Waals surface area contributed by atoms with E-state index in [-0.39, 0.29) is 12.5 Å². The van der Waals surface area contributed by atoms with Crippen LogP contribution in [0.15, 0.2) is 58.0 Å². The van der Waals surface area contributed by atoms with Gasteiger partial charge in [-0.05, 0) is 38.1 Å². The van der Waals surface area contributed by atoms with Crippen molar-refractivity contribution in [3.8, 4) is 5.75 Å². The molecule has 2 aromatic heterocycles. The molecule has 0 radical (unpaired) electrons. The minimum atomic E-state index is -0.305. The minimum Gasteiger partial charge on any atom is -0.490 e. The van der Waals surface area contributed by atoms with Gasteiger partial charge in [-0.2, -0.15) is 5.10 Å². The number of carbonyl (C=O) groups is 1. The largest absolute Gasteiger partial charge is 0.490 e. The van der Waals surface area contributed by atoms with Crippen LogP contribution < -0.4 is 10.2 Å². The highest BCUT2D eigenvalue weighted by molar-refractivity contribution is 6.01. The molecule has 142 valence electrons. The Balaban J connectivity index is 1.49. The summed E-state index contributed by atoms with van der Waals surface area (Å²) in [6.07, 6.45) is 0. The van der Waals surface area contributed by atoms with Gasteiger partial charge in [-0.3, -0.25) is 4.79 Å². The van der Waals surface area contributed by atoms with E-state index in [9.17, 15) is 4.79 Å². The van der Waals surface area contributed by atoms with Crippen molar-refractivity contribution in [3.63, 3.8) is 0 Å². The number of nitrogens with one attached hydrogen (secondary N) is 1. The summed E-state index contributed by atoms with van der Waals surface area (Å²) in [4.78, 5) is 12.2. The first-order valence-corrected chi connectivity index (χ1v) is 8.93. The monoisotopic (exact) mass is 377 g/mol. The maximum atomic E-state index is 12.2. The second kappa shape index (κ2) is 7.51. The maximum Gasteiger partial charge on any atom is 0.261 e. The van der Waals surface area contributed by atoms with Gasteiger partial charge in [0.1, 0.15) is 17.8 Å². The van der Waals surface area contributed by atoms with Gasteiger partial charge in [-0.15, -0.1) is 5.10 Å². The van der Waals surface area contributed by atoms with Crippen molar-refractivity contribution in [1.29, 1.82) is 0 Å². The van der Waals surface area contributed by atoms with Gasteiger partial charge in [-0.25, -0.2) is 10.1 Å². The molecular formula is C20H19N5O3. The number of para-hydroxylation sites is 2. The molecule has 0 atom stereocenters. The number of ether oxygens (including phenoxy) is 1. The predicted octanol–water partition coefficient (Wildman–Crippen LogP) is 3.12. The van der Waals surface area contributed by atoms with Crippen LogP contribution in [0, 0.1) is 0 Å². The highest BCUT2D eigenvalue weighted by Crippen LogP contribution is 2.29. The second-order valence-electron chi connectivity index (χ2n) is 6.19. The SMILES string of the molecule is CCOc1cccc2cc(/C(C)=N\NC(=O)Cn3nnc4ccccc43)oc12. The van der Waals surface area contributed by atoms with Gasteiger partial charge in [-0.1, -0.05) is 29.5 Å². The molecule has 28 heavy (non-hydrogen) atoms. The van der Waals surface area contributed by atoms with E-state index in [1.807, 2.05) is 55.5 Å². The number of rotatable bonds is 6. The zero-order valence-electron chi connectivity index (χ0n) is 15.5. The number of hydrogen-bond donors (Lipinski definition) is 1. The Labute approximate surface area is 160 Å². The van der Waals surface area contributed by atoms with E-state index >= 15 is 0 Å². The number of fused-ring (bicyclic) bond motifs is 2. The van der Waals surface area contributed by atoms with Crippen LogP contribution >= 0.6 is 0 Å². The summed E-state index contributed by atoms with van der Waals surface area (Å²) in [5.74, 6) is 0.941. The summed E-state index contributed by atoms with van der Waals surface area (Å²) < 4.78 is 13.0. The fraction of sp³-hybridized carbons (Fsp3) is 0.200. The third-order valence-corrected chi connectivity index (χ3v) is 4.23. The van der Waals surface area contributed by atoms with Crippen LogP contribution in [-0.2, 0) is 11.3 Å². The van der Waals surface area contributed by atoms with E-state index in [1.54, 1.807) is 6.92 Å². The van der Waals surface area contributed by atoms with E-state index in [0.717, 1.165) is 16.4 Å². The first-order chi connectivity index (χ1) is 13.7. The molecule has 0 bridgehead atoms. The van der Waals surface area contributed by atoms with E-state index in [4.69, 9.17) is 9.15 Å². The number of furan rings is 1. The van der Waals surface area contributed by atoms with Gasteiger partial charge in [0.15, 0.2) is 17.1 Å². The summed E-state index contributed by atoms with van der Waals surface area (Å²) in [6.45, 7) is 4.26. The topological polar surface area (TPSA) is 94.5 Å². The lowest BCUT2D eigenvalue weighted by Crippen LogP contribution is -2.24. The van der Waals surface area contributed by atoms with Gasteiger partial charge >= 0.3 is 0 Å². The number of benzene rings is 2. The minimum absolute atomic E-state index is 0.0198. The van der Waals surface area contributed by atoms with Crippen molar-refractivity contribution < 1.29 is 13.9 Å². The molecule has 0 aliphatic rings. The Kier molecular flexibility index (Phi) is 4.76. The molecule has 0 fully saturated rings. The van der Waals surface area contributed by atoms with Crippen LogP contribution in [0.1, 0.15) is 19.6 Å². The van der Waals surface area contributed by atoms with Crippen LogP contribution in [0.2, 0.25) is 0 Å². The molecule has 4 rings (SSSR count). The van der Waals surface area contributed by atoms with Crippen LogP contribution in [0.25, 0.3) is 22.0 Å². The number of aromatic nitrogens is 3. The van der Waals surface area contributed by atoms with Gasteiger partial charge in [0.05, 0.1) is 12.1 Å². The summed E-state index contributed by atoms with van der Waals surface area (Å²) in [5.41, 5.74) is 5.28. The normalized spacial score (nSPS) is 11.9. The average Bonchev–Trinajstić information content (AvgIpc) is 3.32. The molecule has 0 aliphatic heterocycles. The molecule has 0 unspecified atom stereocenters. The highest BCUT2D eigenvalue weighted by atomic mass is 16.5. The fourth-order valence-electron chi connectivity index (χ4n) is 2.89. The van der Waals surface area contributed by atoms with Crippen LogP contribution in [0.5, 0.6) is 5.75 Å². The molecule has 8 nitrogen and oxygen atoms in total. The van der Waals surface area contributed by atoms with Crippen molar-refractivity contribution in [1.82, 2.24) is 20.4 Å². The van der Waals surface area contributed by atoms with E-state index < -0.39 is 0 Å². The predicted molar refractivity (Wildman–Crippen MR) is 105 cm³/mol. The Morgan fingerprint density at radius 1 is 1.25 bits per heavy atom. The molecule has 0 spiro atoms. The Morgan fingerprint density at radius 3 is 2.96 bits per heavy atom. The fourth-order valence-corrected chi connectivity index (χ4v) is 2.89. The standard InChI is InChI=1S/C20H19N5O3/c1-3-27-17-10-6-7-14-11-18(28-20(14)17)13(2)21-23-19(26)12-25-16-9-5-4-8-15(16)22-24-25/h4-11H,3,12H2,1-2H3,(H,23,26)/b21-13-. The molecule has 1 amide bonds. The summed E-state index contributed by atoms with van der Waals surface area (Å²) in [7, 11) is 0. The third-order valence-electron chi connectivity index (χ3n) is 4.23. The quantitative estimate of drug-likeness (QED) is 0.411. The first kappa shape index (κ1) is 17.7. The average molecular weight is 377 g/mol. The zero-order valence-corrected chi connectivity index (χ0v) is 15.5. The Hall–Kier alpha value is -3.68. The summed E-state index contributed by atoms with van der Waals surface area (Å²) in [6, 6.07) is 15.0. The molecule has 8 heteroatoms. The lowest BCUT2D eigenvalue weighted by molar-refractivity contribution is -0.121. The molecule has 0 aliphatic carbocycles. The van der Waals surface area contributed by atoms with Crippen molar-refractivity contribution in [3.05, 3.63) is 54.3 Å². The zero-order chi connectivity index (χ0) is 19.5.